The molecule has 0 aliphatic heterocycles. The van der Waals surface area contributed by atoms with Gasteiger partial charge in [0.1, 0.15) is 0 Å². The lowest BCUT2D eigenvalue weighted by molar-refractivity contribution is -0.139. The van der Waals surface area contributed by atoms with Crippen LogP contribution in [0.25, 0.3) is 0 Å². The molecule has 0 atom stereocenters. The van der Waals surface area contributed by atoms with Gasteiger partial charge in [0.05, 0.1) is 18.5 Å². The molecule has 0 aromatic heterocycles. The van der Waals surface area contributed by atoms with Crippen molar-refractivity contribution in [2.75, 3.05) is 6.61 Å². The monoisotopic (exact) mass is 468 g/mol. The van der Waals surface area contributed by atoms with Gasteiger partial charge < -0.3 is 4.74 Å². The van der Waals surface area contributed by atoms with Crippen molar-refractivity contribution in [3.8, 4) is 0 Å². The van der Waals surface area contributed by atoms with Crippen LogP contribution in [0.4, 0.5) is 4.39 Å². The molecule has 33 heavy (non-hydrogen) atoms. The summed E-state index contributed by atoms with van der Waals surface area (Å²) in [6.45, 7) is 4.92. The third-order valence-electron chi connectivity index (χ3n) is 6.67. The average Bonchev–Trinajstić information content (AvgIpc) is 2.82. The Morgan fingerprint density at radius 1 is 0.545 bits per heavy atom. The van der Waals surface area contributed by atoms with E-state index in [1.54, 1.807) is 0 Å². The van der Waals surface area contributed by atoms with Crippen LogP contribution in [0.3, 0.4) is 0 Å². The fraction of sp³-hybridized carbons (Fsp3) is 0.900. The third-order valence-corrected chi connectivity index (χ3v) is 6.67. The minimum Gasteiger partial charge on any atom is -0.462 e. The van der Waals surface area contributed by atoms with Crippen molar-refractivity contribution in [1.29, 1.82) is 0 Å². The molecule has 3 heteroatoms. The lowest BCUT2D eigenvalue weighted by atomic mass is 10.0. The van der Waals surface area contributed by atoms with E-state index in [9.17, 15) is 9.18 Å². The normalized spacial score (nSPS) is 11.8. The Labute approximate surface area is 206 Å². The number of rotatable bonds is 26. The third kappa shape index (κ3) is 24.1. The van der Waals surface area contributed by atoms with Crippen molar-refractivity contribution < 1.29 is 13.9 Å². The molecule has 0 fully saturated rings. The van der Waals surface area contributed by atoms with E-state index in [1.807, 2.05) is 0 Å². The topological polar surface area (TPSA) is 26.3 Å². The summed E-state index contributed by atoms with van der Waals surface area (Å²) in [5.74, 6) is -0.453. The van der Waals surface area contributed by atoms with Crippen molar-refractivity contribution >= 4 is 5.97 Å². The van der Waals surface area contributed by atoms with Gasteiger partial charge >= 0.3 is 5.97 Å². The number of hydrogen-bond acceptors (Lipinski definition) is 2. The smallest absolute Gasteiger partial charge is 0.336 e. The number of halogens is 1. The molecule has 0 bridgehead atoms. The van der Waals surface area contributed by atoms with Gasteiger partial charge in [-0.2, -0.15) is 0 Å². The van der Waals surface area contributed by atoms with Crippen LogP contribution in [0.2, 0.25) is 0 Å². The predicted molar refractivity (Wildman–Crippen MR) is 142 cm³/mol. The molecule has 0 spiro atoms. The number of esters is 1. The maximum Gasteiger partial charge on any atom is 0.336 e. The Kier molecular flexibility index (Phi) is 26.7. The average molecular weight is 469 g/mol. The highest BCUT2D eigenvalue weighted by atomic mass is 19.1. The Hall–Kier alpha value is -0.860. The van der Waals surface area contributed by atoms with E-state index in [-0.39, 0.29) is 5.57 Å². The van der Waals surface area contributed by atoms with Crippen LogP contribution >= 0.6 is 0 Å². The summed E-state index contributed by atoms with van der Waals surface area (Å²) in [5, 5.41) is 0. The summed E-state index contributed by atoms with van der Waals surface area (Å²) in [4.78, 5) is 12.0. The first kappa shape index (κ1) is 32.1. The van der Waals surface area contributed by atoms with Gasteiger partial charge in [-0.05, 0) is 19.3 Å². The van der Waals surface area contributed by atoms with Crippen molar-refractivity contribution in [2.24, 2.45) is 0 Å². The second kappa shape index (κ2) is 27.4. The van der Waals surface area contributed by atoms with Crippen molar-refractivity contribution in [3.63, 3.8) is 0 Å². The van der Waals surface area contributed by atoms with Crippen LogP contribution in [0, 0.1) is 0 Å². The second-order valence-corrected chi connectivity index (χ2v) is 9.94. The lowest BCUT2D eigenvalue weighted by Crippen LogP contribution is -2.09. The molecule has 2 nitrogen and oxygen atoms in total. The maximum atomic E-state index is 13.1. The summed E-state index contributed by atoms with van der Waals surface area (Å²) in [5.41, 5.74) is 0.210. The number of unbranched alkanes of at least 4 members (excludes halogenated alkanes) is 21. The summed E-state index contributed by atoms with van der Waals surface area (Å²) < 4.78 is 18.4. The molecule has 0 saturated heterocycles. The highest BCUT2D eigenvalue weighted by Crippen LogP contribution is 2.16. The lowest BCUT2D eigenvalue weighted by Gasteiger charge is -2.08. The SMILES string of the molecule is CCCCCCCCCCCCCCCCCOC(=O)C(=CF)CCCCCCCCCC. The molecule has 0 aromatic carbocycles. The first-order valence-electron chi connectivity index (χ1n) is 14.7. The molecule has 0 rings (SSSR count). The molecule has 0 radical (unpaired) electrons. The molecule has 0 N–H and O–H groups in total. The van der Waals surface area contributed by atoms with Gasteiger partial charge in [-0.1, -0.05) is 149 Å². The minimum absolute atomic E-state index is 0.210. The fourth-order valence-electron chi connectivity index (χ4n) is 4.38. The number of ether oxygens (including phenoxy) is 1. The van der Waals surface area contributed by atoms with Gasteiger partial charge in [0, 0.05) is 0 Å². The van der Waals surface area contributed by atoms with Crippen LogP contribution in [0.15, 0.2) is 11.9 Å². The predicted octanol–water partition coefficient (Wildman–Crippen LogP) is 10.8. The zero-order chi connectivity index (χ0) is 24.2. The van der Waals surface area contributed by atoms with Crippen molar-refractivity contribution in [2.45, 2.75) is 168 Å². The Morgan fingerprint density at radius 2 is 0.879 bits per heavy atom. The van der Waals surface area contributed by atoms with Gasteiger partial charge in [0.15, 0.2) is 0 Å². The second-order valence-electron chi connectivity index (χ2n) is 9.94. The first-order valence-corrected chi connectivity index (χ1v) is 14.7. The first-order chi connectivity index (χ1) is 16.3. The van der Waals surface area contributed by atoms with Gasteiger partial charge in [-0.3, -0.25) is 0 Å². The molecule has 196 valence electrons. The molecular formula is C30H57FO2. The standard InChI is InChI=1S/C30H57FO2/c1-3-5-7-9-11-13-14-15-16-17-18-19-21-23-25-27-33-30(32)29(28-31)26-24-22-20-12-10-8-6-4-2/h28H,3-27H2,1-2H3. The number of carbonyl (C=O) groups is 1. The van der Waals surface area contributed by atoms with Crippen molar-refractivity contribution in [3.05, 3.63) is 11.9 Å². The fourth-order valence-corrected chi connectivity index (χ4v) is 4.38. The quantitative estimate of drug-likeness (QED) is 0.0716. The minimum atomic E-state index is -0.453. The Bertz CT molecular complexity index is 433. The van der Waals surface area contributed by atoms with E-state index in [0.717, 1.165) is 25.7 Å². The molecule has 0 aromatic rings. The van der Waals surface area contributed by atoms with E-state index in [2.05, 4.69) is 13.8 Å². The van der Waals surface area contributed by atoms with Crippen molar-refractivity contribution in [1.82, 2.24) is 0 Å². The van der Waals surface area contributed by atoms with Crippen LogP contribution in [0.1, 0.15) is 168 Å². The van der Waals surface area contributed by atoms with Gasteiger partial charge in [-0.15, -0.1) is 0 Å². The Morgan fingerprint density at radius 3 is 1.24 bits per heavy atom. The van der Waals surface area contributed by atoms with E-state index >= 15 is 0 Å². The van der Waals surface area contributed by atoms with E-state index in [0.29, 0.717) is 19.4 Å². The Balaban J connectivity index is 3.40. The molecular weight excluding hydrogens is 411 g/mol. The largest absolute Gasteiger partial charge is 0.462 e. The highest BCUT2D eigenvalue weighted by molar-refractivity contribution is 5.88. The van der Waals surface area contributed by atoms with E-state index in [4.69, 9.17) is 4.74 Å². The van der Waals surface area contributed by atoms with Gasteiger partial charge in [0.25, 0.3) is 0 Å². The zero-order valence-corrected chi connectivity index (χ0v) is 22.4. The van der Waals surface area contributed by atoms with E-state index in [1.165, 1.54) is 122 Å². The highest BCUT2D eigenvalue weighted by Gasteiger charge is 2.11. The molecule has 0 unspecified atom stereocenters. The molecule has 0 amide bonds. The summed E-state index contributed by atoms with van der Waals surface area (Å²) in [6.07, 6.45) is 30.3. The van der Waals surface area contributed by atoms with Crippen LogP contribution in [-0.2, 0) is 9.53 Å². The molecule has 0 aliphatic carbocycles. The summed E-state index contributed by atoms with van der Waals surface area (Å²) in [7, 11) is 0. The molecule has 0 heterocycles. The van der Waals surface area contributed by atoms with Crippen LogP contribution in [0.5, 0.6) is 0 Å². The van der Waals surface area contributed by atoms with Gasteiger partial charge in [0.2, 0.25) is 0 Å². The van der Waals surface area contributed by atoms with Crippen LogP contribution in [-0.4, -0.2) is 12.6 Å². The number of carbonyl (C=O) groups excluding carboxylic acids is 1. The maximum absolute atomic E-state index is 13.1. The van der Waals surface area contributed by atoms with Gasteiger partial charge in [-0.25, -0.2) is 9.18 Å². The van der Waals surface area contributed by atoms with Crippen LogP contribution < -0.4 is 0 Å². The summed E-state index contributed by atoms with van der Waals surface area (Å²) >= 11 is 0. The molecule has 0 saturated carbocycles. The molecule has 0 aliphatic rings. The summed E-state index contributed by atoms with van der Waals surface area (Å²) in [6, 6.07) is 0. The zero-order valence-electron chi connectivity index (χ0n) is 22.4. The van der Waals surface area contributed by atoms with E-state index < -0.39 is 5.97 Å². The number of hydrogen-bond donors (Lipinski definition) is 0.